The molecule has 5 heteroatoms. The first-order valence-corrected chi connectivity index (χ1v) is 7.74. The lowest BCUT2D eigenvalue weighted by atomic mass is 9.99. The van der Waals surface area contributed by atoms with Crippen molar-refractivity contribution < 1.29 is 14.6 Å². The van der Waals surface area contributed by atoms with Gasteiger partial charge < -0.3 is 14.7 Å². The number of ether oxygens (including phenoxy) is 1. The first-order valence-electron chi connectivity index (χ1n) is 7.74. The van der Waals surface area contributed by atoms with E-state index in [1.54, 1.807) is 13.0 Å². The second-order valence-electron chi connectivity index (χ2n) is 5.94. The number of rotatable bonds is 5. The fourth-order valence-corrected chi connectivity index (χ4v) is 2.92. The molecular formula is C18H20N2O3. The summed E-state index contributed by atoms with van der Waals surface area (Å²) in [6.07, 6.45) is 1.47. The minimum atomic E-state index is -0.898. The van der Waals surface area contributed by atoms with Crippen LogP contribution in [0.25, 0.3) is 0 Å². The van der Waals surface area contributed by atoms with Crippen molar-refractivity contribution in [1.29, 1.82) is 0 Å². The van der Waals surface area contributed by atoms with Crippen LogP contribution in [0.1, 0.15) is 25.3 Å². The number of anilines is 1. The highest BCUT2D eigenvalue weighted by molar-refractivity contribution is 5.83. The third-order valence-corrected chi connectivity index (χ3v) is 4.32. The molecule has 120 valence electrons. The second kappa shape index (κ2) is 6.28. The summed E-state index contributed by atoms with van der Waals surface area (Å²) in [6.45, 7) is 2.88. The summed E-state index contributed by atoms with van der Waals surface area (Å²) in [5, 5.41) is 9.52. The van der Waals surface area contributed by atoms with Crippen LogP contribution < -0.4 is 9.64 Å². The molecule has 3 rings (SSSR count). The molecule has 1 saturated heterocycles. The number of carboxylic acids is 1. The summed E-state index contributed by atoms with van der Waals surface area (Å²) in [5.74, 6) is 0.344. The van der Waals surface area contributed by atoms with Gasteiger partial charge in [-0.1, -0.05) is 36.4 Å². The molecule has 23 heavy (non-hydrogen) atoms. The fraction of sp³-hybridized carbons (Fsp3) is 0.333. The number of hydrogen-bond donors (Lipinski definition) is 1. The van der Waals surface area contributed by atoms with Gasteiger partial charge in [-0.15, -0.1) is 0 Å². The molecule has 2 aromatic rings. The van der Waals surface area contributed by atoms with Gasteiger partial charge in [-0.2, -0.15) is 4.98 Å². The number of pyridine rings is 1. The number of nitrogens with zero attached hydrogens (tertiary/aromatic N) is 2. The Morgan fingerprint density at radius 3 is 2.78 bits per heavy atom. The van der Waals surface area contributed by atoms with Gasteiger partial charge in [0.05, 0.1) is 0 Å². The first-order chi connectivity index (χ1) is 11.1. The van der Waals surface area contributed by atoms with E-state index in [0.717, 1.165) is 12.0 Å². The standard InChI is InChI=1S/C18H20N2O3/c1-18(17(21)22)11-6-12-20(18)15-9-5-10-16(19-15)23-13-14-7-3-2-4-8-14/h2-5,7-10H,6,11-13H2,1H3,(H,21,22). The Morgan fingerprint density at radius 1 is 1.26 bits per heavy atom. The summed E-state index contributed by atoms with van der Waals surface area (Å²) in [7, 11) is 0. The van der Waals surface area contributed by atoms with Gasteiger partial charge in [-0.3, -0.25) is 0 Å². The van der Waals surface area contributed by atoms with E-state index in [4.69, 9.17) is 4.74 Å². The van der Waals surface area contributed by atoms with E-state index in [1.807, 2.05) is 47.4 Å². The third-order valence-electron chi connectivity index (χ3n) is 4.32. The van der Waals surface area contributed by atoms with Gasteiger partial charge in [0.25, 0.3) is 0 Å². The van der Waals surface area contributed by atoms with E-state index in [-0.39, 0.29) is 0 Å². The van der Waals surface area contributed by atoms with Crippen LogP contribution in [-0.2, 0) is 11.4 Å². The van der Waals surface area contributed by atoms with Gasteiger partial charge in [-0.25, -0.2) is 4.79 Å². The molecule has 5 nitrogen and oxygen atoms in total. The Labute approximate surface area is 135 Å². The lowest BCUT2D eigenvalue weighted by Gasteiger charge is -2.32. The molecule has 0 saturated carbocycles. The number of aliphatic carboxylic acids is 1. The summed E-state index contributed by atoms with van der Waals surface area (Å²) in [5.41, 5.74) is 0.168. The molecule has 2 heterocycles. The van der Waals surface area contributed by atoms with Crippen molar-refractivity contribution in [2.45, 2.75) is 31.9 Å². The zero-order chi connectivity index (χ0) is 16.3. The van der Waals surface area contributed by atoms with Crippen LogP contribution in [0.15, 0.2) is 48.5 Å². The number of aromatic nitrogens is 1. The number of benzene rings is 1. The summed E-state index contributed by atoms with van der Waals surface area (Å²) in [6, 6.07) is 15.3. The van der Waals surface area contributed by atoms with E-state index in [0.29, 0.717) is 31.3 Å². The Kier molecular flexibility index (Phi) is 4.19. The number of hydrogen-bond acceptors (Lipinski definition) is 4. The quantitative estimate of drug-likeness (QED) is 0.919. The van der Waals surface area contributed by atoms with Crippen LogP contribution in [0.4, 0.5) is 5.82 Å². The third kappa shape index (κ3) is 3.13. The predicted octanol–water partition coefficient (Wildman–Crippen LogP) is 3.10. The molecule has 0 amide bonds. The molecule has 1 atom stereocenters. The monoisotopic (exact) mass is 312 g/mol. The zero-order valence-corrected chi connectivity index (χ0v) is 13.1. The van der Waals surface area contributed by atoms with Crippen molar-refractivity contribution in [3.63, 3.8) is 0 Å². The van der Waals surface area contributed by atoms with Crippen LogP contribution in [0.5, 0.6) is 5.88 Å². The SMILES string of the molecule is CC1(C(=O)O)CCCN1c1cccc(OCc2ccccc2)n1. The minimum absolute atomic E-state index is 0.438. The Balaban J connectivity index is 1.76. The van der Waals surface area contributed by atoms with Crippen LogP contribution in [0, 0.1) is 0 Å². The zero-order valence-electron chi connectivity index (χ0n) is 13.1. The molecule has 0 radical (unpaired) electrons. The van der Waals surface area contributed by atoms with Gasteiger partial charge in [0.2, 0.25) is 5.88 Å². The molecule has 1 unspecified atom stereocenters. The average molecular weight is 312 g/mol. The lowest BCUT2D eigenvalue weighted by Crippen LogP contribution is -2.48. The molecule has 1 N–H and O–H groups in total. The number of carboxylic acid groups (broad SMARTS) is 1. The second-order valence-corrected chi connectivity index (χ2v) is 5.94. The van der Waals surface area contributed by atoms with Crippen LogP contribution >= 0.6 is 0 Å². The molecule has 0 spiro atoms. The Morgan fingerprint density at radius 2 is 2.04 bits per heavy atom. The maximum Gasteiger partial charge on any atom is 0.329 e. The summed E-state index contributed by atoms with van der Waals surface area (Å²) in [4.78, 5) is 17.9. The highest BCUT2D eigenvalue weighted by atomic mass is 16.5. The maximum absolute atomic E-state index is 11.6. The predicted molar refractivity (Wildman–Crippen MR) is 87.6 cm³/mol. The minimum Gasteiger partial charge on any atom is -0.480 e. The van der Waals surface area contributed by atoms with Gasteiger partial charge in [0.1, 0.15) is 18.0 Å². The molecule has 1 aliphatic rings. The van der Waals surface area contributed by atoms with Crippen LogP contribution in [0.2, 0.25) is 0 Å². The summed E-state index contributed by atoms with van der Waals surface area (Å²) >= 11 is 0. The first kappa shape index (κ1) is 15.3. The van der Waals surface area contributed by atoms with E-state index < -0.39 is 11.5 Å². The van der Waals surface area contributed by atoms with Crippen molar-refractivity contribution in [2.24, 2.45) is 0 Å². The topological polar surface area (TPSA) is 62.7 Å². The van der Waals surface area contributed by atoms with Crippen molar-refractivity contribution in [2.75, 3.05) is 11.4 Å². The highest BCUT2D eigenvalue weighted by Gasteiger charge is 2.44. The lowest BCUT2D eigenvalue weighted by molar-refractivity contribution is -0.142. The smallest absolute Gasteiger partial charge is 0.329 e. The molecule has 1 aromatic heterocycles. The number of carbonyl (C=O) groups is 1. The largest absolute Gasteiger partial charge is 0.480 e. The molecule has 1 fully saturated rings. The molecule has 0 aliphatic carbocycles. The van der Waals surface area contributed by atoms with E-state index in [9.17, 15) is 9.90 Å². The Hall–Kier alpha value is -2.56. The van der Waals surface area contributed by atoms with Gasteiger partial charge in [0.15, 0.2) is 0 Å². The van der Waals surface area contributed by atoms with Gasteiger partial charge in [-0.05, 0) is 31.4 Å². The normalized spacial score (nSPS) is 20.5. The van der Waals surface area contributed by atoms with E-state index in [2.05, 4.69) is 4.98 Å². The van der Waals surface area contributed by atoms with Crippen molar-refractivity contribution in [3.05, 3.63) is 54.1 Å². The van der Waals surface area contributed by atoms with Gasteiger partial charge in [0, 0.05) is 12.6 Å². The Bertz CT molecular complexity index is 690. The van der Waals surface area contributed by atoms with Crippen molar-refractivity contribution >= 4 is 11.8 Å². The highest BCUT2D eigenvalue weighted by Crippen LogP contribution is 2.33. The van der Waals surface area contributed by atoms with E-state index in [1.165, 1.54) is 0 Å². The van der Waals surface area contributed by atoms with Crippen molar-refractivity contribution in [1.82, 2.24) is 4.98 Å². The van der Waals surface area contributed by atoms with Gasteiger partial charge >= 0.3 is 5.97 Å². The fourth-order valence-electron chi connectivity index (χ4n) is 2.92. The summed E-state index contributed by atoms with van der Waals surface area (Å²) < 4.78 is 5.74. The molecular weight excluding hydrogens is 292 g/mol. The van der Waals surface area contributed by atoms with E-state index >= 15 is 0 Å². The average Bonchev–Trinajstić information content (AvgIpc) is 2.97. The molecule has 0 bridgehead atoms. The van der Waals surface area contributed by atoms with Crippen LogP contribution in [0.3, 0.4) is 0 Å². The maximum atomic E-state index is 11.6. The van der Waals surface area contributed by atoms with Crippen molar-refractivity contribution in [3.8, 4) is 5.88 Å². The van der Waals surface area contributed by atoms with Crippen LogP contribution in [-0.4, -0.2) is 28.1 Å². The molecule has 1 aliphatic heterocycles. The molecule has 1 aromatic carbocycles.